The van der Waals surface area contributed by atoms with Gasteiger partial charge in [0.05, 0.1) is 13.0 Å². The number of esters is 1. The summed E-state index contributed by atoms with van der Waals surface area (Å²) < 4.78 is 4.77. The maximum atomic E-state index is 11.6. The van der Waals surface area contributed by atoms with Crippen molar-refractivity contribution in [2.75, 3.05) is 7.11 Å². The Balaban J connectivity index is 2.34. The molecule has 0 aliphatic carbocycles. The average molecular weight is 275 g/mol. The fourth-order valence-electron chi connectivity index (χ4n) is 1.94. The molecule has 0 radical (unpaired) electrons. The molecule has 3 heteroatoms. The lowest BCUT2D eigenvalue weighted by Crippen LogP contribution is -2.10. The van der Waals surface area contributed by atoms with Gasteiger partial charge in [0.15, 0.2) is 0 Å². The summed E-state index contributed by atoms with van der Waals surface area (Å²) >= 11 is 5.88. The van der Waals surface area contributed by atoms with Crippen molar-refractivity contribution in [3.63, 3.8) is 0 Å². The molecule has 0 heterocycles. The first-order valence-electron chi connectivity index (χ1n) is 6.05. The quantitative estimate of drug-likeness (QED) is 0.781. The van der Waals surface area contributed by atoms with E-state index in [9.17, 15) is 4.79 Å². The standard InChI is InChI=1S/C16H15ClO2/c1-11(16(18)19-2)13-4-3-5-14(10-13)12-6-8-15(17)9-7-12/h3-11H,1-2H3. The van der Waals surface area contributed by atoms with Crippen molar-refractivity contribution in [3.05, 3.63) is 59.1 Å². The minimum absolute atomic E-state index is 0.228. The van der Waals surface area contributed by atoms with Gasteiger partial charge in [0.1, 0.15) is 0 Å². The first-order valence-corrected chi connectivity index (χ1v) is 6.43. The monoisotopic (exact) mass is 274 g/mol. The van der Waals surface area contributed by atoms with Gasteiger partial charge in [-0.15, -0.1) is 0 Å². The van der Waals surface area contributed by atoms with E-state index in [1.165, 1.54) is 7.11 Å². The molecule has 19 heavy (non-hydrogen) atoms. The van der Waals surface area contributed by atoms with Crippen LogP contribution in [0, 0.1) is 0 Å². The van der Waals surface area contributed by atoms with Crippen LogP contribution in [0.1, 0.15) is 18.4 Å². The molecular formula is C16H15ClO2. The molecule has 0 saturated carbocycles. The van der Waals surface area contributed by atoms with Gasteiger partial charge in [-0.05, 0) is 35.7 Å². The Morgan fingerprint density at radius 2 is 1.79 bits per heavy atom. The topological polar surface area (TPSA) is 26.3 Å². The van der Waals surface area contributed by atoms with Crippen molar-refractivity contribution in [1.82, 2.24) is 0 Å². The van der Waals surface area contributed by atoms with Gasteiger partial charge in [0.25, 0.3) is 0 Å². The van der Waals surface area contributed by atoms with Crippen LogP contribution in [0.2, 0.25) is 5.02 Å². The Morgan fingerprint density at radius 3 is 2.42 bits per heavy atom. The third kappa shape index (κ3) is 3.15. The molecule has 98 valence electrons. The van der Waals surface area contributed by atoms with E-state index in [0.29, 0.717) is 5.02 Å². The number of ether oxygens (including phenoxy) is 1. The van der Waals surface area contributed by atoms with E-state index in [1.807, 2.05) is 55.5 Å². The number of carbonyl (C=O) groups excluding carboxylic acids is 1. The Kier molecular flexibility index (Phi) is 4.23. The summed E-state index contributed by atoms with van der Waals surface area (Å²) in [7, 11) is 1.40. The van der Waals surface area contributed by atoms with E-state index in [1.54, 1.807) is 0 Å². The minimum atomic E-state index is -0.266. The van der Waals surface area contributed by atoms with E-state index < -0.39 is 0 Å². The van der Waals surface area contributed by atoms with Crippen molar-refractivity contribution < 1.29 is 9.53 Å². The first kappa shape index (κ1) is 13.6. The zero-order valence-electron chi connectivity index (χ0n) is 10.9. The largest absolute Gasteiger partial charge is 0.469 e. The van der Waals surface area contributed by atoms with E-state index in [2.05, 4.69) is 0 Å². The van der Waals surface area contributed by atoms with Crippen molar-refractivity contribution in [2.24, 2.45) is 0 Å². The van der Waals surface area contributed by atoms with Gasteiger partial charge in [-0.2, -0.15) is 0 Å². The van der Waals surface area contributed by atoms with Gasteiger partial charge < -0.3 is 4.74 Å². The molecule has 0 aliphatic rings. The SMILES string of the molecule is COC(=O)C(C)c1cccc(-c2ccc(Cl)cc2)c1. The van der Waals surface area contributed by atoms with Crippen molar-refractivity contribution in [2.45, 2.75) is 12.8 Å². The number of hydrogen-bond acceptors (Lipinski definition) is 2. The van der Waals surface area contributed by atoms with Crippen LogP contribution in [-0.2, 0) is 9.53 Å². The normalized spacial score (nSPS) is 11.9. The van der Waals surface area contributed by atoms with E-state index in [-0.39, 0.29) is 11.9 Å². The molecule has 0 amide bonds. The van der Waals surface area contributed by atoms with Crippen LogP contribution in [0.15, 0.2) is 48.5 Å². The van der Waals surface area contributed by atoms with Crippen molar-refractivity contribution in [1.29, 1.82) is 0 Å². The molecule has 2 rings (SSSR count). The number of carbonyl (C=O) groups is 1. The molecular weight excluding hydrogens is 260 g/mol. The number of halogens is 1. The van der Waals surface area contributed by atoms with E-state index >= 15 is 0 Å². The first-order chi connectivity index (χ1) is 9.11. The second-order valence-corrected chi connectivity index (χ2v) is 4.81. The summed E-state index contributed by atoms with van der Waals surface area (Å²) in [5.41, 5.74) is 3.08. The lowest BCUT2D eigenvalue weighted by Gasteiger charge is -2.11. The predicted molar refractivity (Wildman–Crippen MR) is 77.3 cm³/mol. The molecule has 0 aliphatic heterocycles. The maximum absolute atomic E-state index is 11.6. The maximum Gasteiger partial charge on any atom is 0.312 e. The fraction of sp³-hybridized carbons (Fsp3) is 0.188. The molecule has 2 nitrogen and oxygen atoms in total. The Bertz CT molecular complexity index is 576. The summed E-state index contributed by atoms with van der Waals surface area (Å²) in [5.74, 6) is -0.495. The molecule has 2 aromatic rings. The van der Waals surface area contributed by atoms with Crippen LogP contribution in [-0.4, -0.2) is 13.1 Å². The summed E-state index contributed by atoms with van der Waals surface area (Å²) in [5, 5.41) is 0.711. The third-order valence-corrected chi connectivity index (χ3v) is 3.37. The minimum Gasteiger partial charge on any atom is -0.469 e. The zero-order chi connectivity index (χ0) is 13.8. The van der Waals surface area contributed by atoms with Gasteiger partial charge in [-0.3, -0.25) is 4.79 Å². The van der Waals surface area contributed by atoms with Crippen LogP contribution in [0.4, 0.5) is 0 Å². The number of benzene rings is 2. The van der Waals surface area contributed by atoms with Crippen molar-refractivity contribution >= 4 is 17.6 Å². The van der Waals surface area contributed by atoms with Gasteiger partial charge >= 0.3 is 5.97 Å². The Labute approximate surface area is 118 Å². The number of rotatable bonds is 3. The van der Waals surface area contributed by atoms with Crippen molar-refractivity contribution in [3.8, 4) is 11.1 Å². The van der Waals surface area contributed by atoms with Gasteiger partial charge in [0, 0.05) is 5.02 Å². The molecule has 0 fully saturated rings. The summed E-state index contributed by atoms with van der Waals surface area (Å²) in [6, 6.07) is 15.5. The van der Waals surface area contributed by atoms with Crippen LogP contribution < -0.4 is 0 Å². The third-order valence-electron chi connectivity index (χ3n) is 3.12. The molecule has 1 atom stereocenters. The summed E-state index contributed by atoms with van der Waals surface area (Å²) in [4.78, 5) is 11.6. The van der Waals surface area contributed by atoms with Gasteiger partial charge in [-0.25, -0.2) is 0 Å². The smallest absolute Gasteiger partial charge is 0.312 e. The number of hydrogen-bond donors (Lipinski definition) is 0. The van der Waals surface area contributed by atoms with Crippen LogP contribution in [0.25, 0.3) is 11.1 Å². The zero-order valence-corrected chi connectivity index (χ0v) is 11.6. The molecule has 0 aromatic heterocycles. The average Bonchev–Trinajstić information content (AvgIpc) is 2.46. The highest BCUT2D eigenvalue weighted by Crippen LogP contribution is 2.25. The van der Waals surface area contributed by atoms with E-state index in [4.69, 9.17) is 16.3 Å². The van der Waals surface area contributed by atoms with Crippen LogP contribution in [0.3, 0.4) is 0 Å². The second-order valence-electron chi connectivity index (χ2n) is 4.38. The van der Waals surface area contributed by atoms with Gasteiger partial charge in [0.2, 0.25) is 0 Å². The molecule has 0 N–H and O–H groups in total. The highest BCUT2D eigenvalue weighted by Gasteiger charge is 2.15. The van der Waals surface area contributed by atoms with Crippen LogP contribution in [0.5, 0.6) is 0 Å². The Hall–Kier alpha value is -1.80. The molecule has 2 aromatic carbocycles. The Morgan fingerprint density at radius 1 is 1.11 bits per heavy atom. The highest BCUT2D eigenvalue weighted by atomic mass is 35.5. The summed E-state index contributed by atoms with van der Waals surface area (Å²) in [6.07, 6.45) is 0. The predicted octanol–water partition coefficient (Wildman–Crippen LogP) is 4.28. The van der Waals surface area contributed by atoms with Crippen LogP contribution >= 0.6 is 11.6 Å². The lowest BCUT2D eigenvalue weighted by molar-refractivity contribution is -0.141. The second kappa shape index (κ2) is 5.89. The number of methoxy groups -OCH3 is 1. The molecule has 0 saturated heterocycles. The lowest BCUT2D eigenvalue weighted by atomic mass is 9.96. The molecule has 1 unspecified atom stereocenters. The highest BCUT2D eigenvalue weighted by molar-refractivity contribution is 6.30. The fourth-order valence-corrected chi connectivity index (χ4v) is 2.07. The molecule has 0 bridgehead atoms. The molecule has 0 spiro atoms. The summed E-state index contributed by atoms with van der Waals surface area (Å²) in [6.45, 7) is 1.84. The van der Waals surface area contributed by atoms with Gasteiger partial charge in [-0.1, -0.05) is 48.0 Å². The van der Waals surface area contributed by atoms with E-state index in [0.717, 1.165) is 16.7 Å².